The van der Waals surface area contributed by atoms with Crippen molar-refractivity contribution in [3.8, 4) is 0 Å². The van der Waals surface area contributed by atoms with E-state index in [1.54, 1.807) is 18.3 Å². The largest absolute Gasteiger partial charge is 0.461 e. The Morgan fingerprint density at radius 3 is 2.71 bits per heavy atom. The van der Waals surface area contributed by atoms with Gasteiger partial charge in [0.05, 0.1) is 6.61 Å². The van der Waals surface area contributed by atoms with Gasteiger partial charge in [0.2, 0.25) is 0 Å². The van der Waals surface area contributed by atoms with E-state index in [4.69, 9.17) is 16.3 Å². The molecule has 0 atom stereocenters. The predicted molar refractivity (Wildman–Crippen MR) is 86.4 cm³/mol. The lowest BCUT2D eigenvalue weighted by Crippen LogP contribution is -2.04. The summed E-state index contributed by atoms with van der Waals surface area (Å²) in [5.41, 5.74) is 1.73. The number of benzene rings is 1. The second kappa shape index (κ2) is 5.92. The number of aromatic nitrogens is 1. The van der Waals surface area contributed by atoms with Crippen LogP contribution in [0.3, 0.4) is 0 Å². The van der Waals surface area contributed by atoms with Crippen LogP contribution in [0.15, 0.2) is 36.4 Å². The van der Waals surface area contributed by atoms with Crippen LogP contribution in [0.4, 0.5) is 0 Å². The van der Waals surface area contributed by atoms with Crippen molar-refractivity contribution in [1.29, 1.82) is 0 Å². The number of thiophene rings is 1. The number of hydrogen-bond acceptors (Lipinski definition) is 3. The van der Waals surface area contributed by atoms with Crippen LogP contribution in [0, 0.1) is 0 Å². The van der Waals surface area contributed by atoms with Gasteiger partial charge in [-0.05, 0) is 36.8 Å². The summed E-state index contributed by atoms with van der Waals surface area (Å²) in [5, 5.41) is 1.79. The zero-order valence-corrected chi connectivity index (χ0v) is 13.1. The van der Waals surface area contributed by atoms with Crippen LogP contribution in [-0.2, 0) is 11.2 Å². The van der Waals surface area contributed by atoms with Crippen LogP contribution in [0.1, 0.15) is 27.9 Å². The molecule has 21 heavy (non-hydrogen) atoms. The summed E-state index contributed by atoms with van der Waals surface area (Å²) in [6.45, 7) is 2.18. The average Bonchev–Trinajstić information content (AvgIpc) is 3.00. The molecule has 3 rings (SSSR count). The molecular formula is C16H14ClNO2S. The zero-order chi connectivity index (χ0) is 14.8. The van der Waals surface area contributed by atoms with E-state index in [1.807, 2.05) is 30.3 Å². The second-order valence-corrected chi connectivity index (χ2v) is 6.28. The van der Waals surface area contributed by atoms with Crippen molar-refractivity contribution < 1.29 is 9.53 Å². The number of carbonyl (C=O) groups excluding carboxylic acids is 1. The van der Waals surface area contributed by atoms with Crippen LogP contribution in [0.25, 0.3) is 10.2 Å². The third-order valence-electron chi connectivity index (χ3n) is 3.15. The Labute approximate surface area is 131 Å². The molecule has 0 spiro atoms. The number of carbonyl (C=O) groups is 1. The quantitative estimate of drug-likeness (QED) is 0.711. The van der Waals surface area contributed by atoms with E-state index in [-0.39, 0.29) is 5.97 Å². The first-order valence-corrected chi connectivity index (χ1v) is 7.88. The highest BCUT2D eigenvalue weighted by atomic mass is 35.5. The fourth-order valence-corrected chi connectivity index (χ4v) is 3.40. The number of fused-ring (bicyclic) bond motifs is 1. The first-order chi connectivity index (χ1) is 10.2. The fourth-order valence-electron chi connectivity index (χ4n) is 2.19. The van der Waals surface area contributed by atoms with Crippen LogP contribution in [0.2, 0.25) is 5.02 Å². The maximum Gasteiger partial charge on any atom is 0.354 e. The number of hydrogen-bond donors (Lipinski definition) is 1. The molecule has 5 heteroatoms. The normalized spacial score (nSPS) is 11.0. The molecule has 108 valence electrons. The Morgan fingerprint density at radius 2 is 2.05 bits per heavy atom. The molecule has 0 aliphatic heterocycles. The fraction of sp³-hybridized carbons (Fsp3) is 0.188. The molecule has 3 aromatic rings. The number of halogens is 1. The van der Waals surface area contributed by atoms with Gasteiger partial charge in [-0.1, -0.05) is 23.7 Å². The van der Waals surface area contributed by atoms with Gasteiger partial charge in [0.15, 0.2) is 0 Å². The van der Waals surface area contributed by atoms with Gasteiger partial charge in [-0.15, -0.1) is 11.3 Å². The molecule has 0 aliphatic carbocycles. The Hall–Kier alpha value is -1.78. The Bertz CT molecular complexity index is 742. The third kappa shape index (κ3) is 3.12. The summed E-state index contributed by atoms with van der Waals surface area (Å²) in [6, 6.07) is 11.8. The van der Waals surface area contributed by atoms with Gasteiger partial charge in [-0.25, -0.2) is 4.79 Å². The summed E-state index contributed by atoms with van der Waals surface area (Å²) in [4.78, 5) is 17.0. The molecule has 0 unspecified atom stereocenters. The highest BCUT2D eigenvalue weighted by Gasteiger charge is 2.12. The topological polar surface area (TPSA) is 42.1 Å². The summed E-state index contributed by atoms with van der Waals surface area (Å²) < 4.78 is 4.99. The molecule has 1 N–H and O–H groups in total. The summed E-state index contributed by atoms with van der Waals surface area (Å²) >= 11 is 7.54. The third-order valence-corrected chi connectivity index (χ3v) is 4.47. The van der Waals surface area contributed by atoms with Crippen molar-refractivity contribution in [1.82, 2.24) is 4.98 Å². The van der Waals surface area contributed by atoms with Crippen molar-refractivity contribution in [2.75, 3.05) is 6.61 Å². The number of aromatic amines is 1. The first-order valence-electron chi connectivity index (χ1n) is 6.68. The highest BCUT2D eigenvalue weighted by molar-refractivity contribution is 7.18. The smallest absolute Gasteiger partial charge is 0.354 e. The summed E-state index contributed by atoms with van der Waals surface area (Å²) in [7, 11) is 0. The zero-order valence-electron chi connectivity index (χ0n) is 11.5. The van der Waals surface area contributed by atoms with Crippen LogP contribution in [0.5, 0.6) is 0 Å². The molecule has 3 nitrogen and oxygen atoms in total. The number of esters is 1. The van der Waals surface area contributed by atoms with Crippen molar-refractivity contribution in [3.05, 3.63) is 57.6 Å². The van der Waals surface area contributed by atoms with Crippen molar-refractivity contribution >= 4 is 39.1 Å². The van der Waals surface area contributed by atoms with Gasteiger partial charge in [0.1, 0.15) is 10.5 Å². The van der Waals surface area contributed by atoms with Gasteiger partial charge >= 0.3 is 5.97 Å². The van der Waals surface area contributed by atoms with Gasteiger partial charge < -0.3 is 9.72 Å². The van der Waals surface area contributed by atoms with Crippen LogP contribution >= 0.6 is 22.9 Å². The van der Waals surface area contributed by atoms with E-state index < -0.39 is 0 Å². The van der Waals surface area contributed by atoms with Gasteiger partial charge in [0.25, 0.3) is 0 Å². The van der Waals surface area contributed by atoms with Gasteiger partial charge in [-0.2, -0.15) is 0 Å². The SMILES string of the molecule is CCOC(=O)c1cc2cc(Cc3ccc(Cl)cc3)sc2[nH]1. The van der Waals surface area contributed by atoms with Crippen LogP contribution < -0.4 is 0 Å². The minimum Gasteiger partial charge on any atom is -0.461 e. The lowest BCUT2D eigenvalue weighted by atomic mass is 10.1. The molecule has 0 fully saturated rings. The van der Waals surface area contributed by atoms with Gasteiger partial charge in [-0.3, -0.25) is 0 Å². The number of rotatable bonds is 4. The monoisotopic (exact) mass is 319 g/mol. The van der Waals surface area contributed by atoms with E-state index in [0.29, 0.717) is 12.3 Å². The van der Waals surface area contributed by atoms with E-state index >= 15 is 0 Å². The molecule has 0 aliphatic rings. The molecule has 0 amide bonds. The Kier molecular flexibility index (Phi) is 3.99. The lowest BCUT2D eigenvalue weighted by molar-refractivity contribution is 0.0520. The van der Waals surface area contributed by atoms with E-state index in [0.717, 1.165) is 21.7 Å². The molecule has 2 heterocycles. The first kappa shape index (κ1) is 14.2. The van der Waals surface area contributed by atoms with E-state index in [2.05, 4.69) is 11.1 Å². The van der Waals surface area contributed by atoms with E-state index in [1.165, 1.54) is 10.4 Å². The van der Waals surface area contributed by atoms with Crippen LogP contribution in [-0.4, -0.2) is 17.6 Å². The molecule has 0 radical (unpaired) electrons. The number of ether oxygens (including phenoxy) is 1. The molecule has 1 aromatic carbocycles. The number of H-pyrrole nitrogens is 1. The molecule has 0 saturated carbocycles. The second-order valence-electron chi connectivity index (χ2n) is 4.70. The lowest BCUT2D eigenvalue weighted by Gasteiger charge is -1.99. The number of nitrogens with one attached hydrogen (secondary N) is 1. The molecule has 0 saturated heterocycles. The minimum atomic E-state index is -0.305. The Morgan fingerprint density at radius 1 is 1.29 bits per heavy atom. The van der Waals surface area contributed by atoms with Crippen molar-refractivity contribution in [2.45, 2.75) is 13.3 Å². The van der Waals surface area contributed by atoms with Crippen molar-refractivity contribution in [3.63, 3.8) is 0 Å². The Balaban J connectivity index is 1.80. The minimum absolute atomic E-state index is 0.305. The predicted octanol–water partition coefficient (Wildman–Crippen LogP) is 4.65. The standard InChI is InChI=1S/C16H14ClNO2S/c1-2-20-16(19)14-9-11-8-13(21-15(11)18-14)7-10-3-5-12(17)6-4-10/h3-6,8-9,18H,2,7H2,1H3. The summed E-state index contributed by atoms with van der Waals surface area (Å²) in [5.74, 6) is -0.305. The summed E-state index contributed by atoms with van der Waals surface area (Å²) in [6.07, 6.45) is 0.860. The van der Waals surface area contributed by atoms with E-state index in [9.17, 15) is 4.79 Å². The highest BCUT2D eigenvalue weighted by Crippen LogP contribution is 2.28. The maximum absolute atomic E-state index is 11.7. The van der Waals surface area contributed by atoms with Gasteiger partial charge in [0, 0.05) is 21.7 Å². The molecule has 0 bridgehead atoms. The molecular weight excluding hydrogens is 306 g/mol. The average molecular weight is 320 g/mol. The maximum atomic E-state index is 11.7. The molecule has 2 aromatic heterocycles. The van der Waals surface area contributed by atoms with Crippen molar-refractivity contribution in [2.24, 2.45) is 0 Å².